The number of rotatable bonds is 8. The predicted molar refractivity (Wildman–Crippen MR) is 73.3 cm³/mol. The van der Waals surface area contributed by atoms with Crippen LogP contribution in [0, 0.1) is 5.82 Å². The number of ether oxygens (including phenoxy) is 1. The van der Waals surface area contributed by atoms with E-state index in [2.05, 4.69) is 6.92 Å². The van der Waals surface area contributed by atoms with Gasteiger partial charge in [0.2, 0.25) is 0 Å². The van der Waals surface area contributed by atoms with Crippen molar-refractivity contribution in [2.75, 3.05) is 6.61 Å². The number of benzene rings is 1. The standard InChI is InChI=1S/C15H24FNO/c1-3-4-5-6-7-10-18-15-9-8-13(12(2)17)11-14(15)16/h8-9,11-12H,3-7,10,17H2,1-2H3. The van der Waals surface area contributed by atoms with Crippen LogP contribution in [0.5, 0.6) is 5.75 Å². The van der Waals surface area contributed by atoms with Crippen LogP contribution in [-0.4, -0.2) is 6.61 Å². The van der Waals surface area contributed by atoms with Crippen molar-refractivity contribution >= 4 is 0 Å². The van der Waals surface area contributed by atoms with Crippen molar-refractivity contribution in [2.24, 2.45) is 5.73 Å². The summed E-state index contributed by atoms with van der Waals surface area (Å²) in [6.07, 6.45) is 5.85. The molecule has 2 N–H and O–H groups in total. The van der Waals surface area contributed by atoms with Crippen molar-refractivity contribution < 1.29 is 9.13 Å². The fourth-order valence-electron chi connectivity index (χ4n) is 1.81. The van der Waals surface area contributed by atoms with Gasteiger partial charge in [0.15, 0.2) is 11.6 Å². The third kappa shape index (κ3) is 5.05. The van der Waals surface area contributed by atoms with Gasteiger partial charge in [-0.25, -0.2) is 4.39 Å². The summed E-state index contributed by atoms with van der Waals surface area (Å²) in [5.41, 5.74) is 6.49. The van der Waals surface area contributed by atoms with Gasteiger partial charge < -0.3 is 10.5 Å². The molecule has 1 unspecified atom stereocenters. The van der Waals surface area contributed by atoms with E-state index in [9.17, 15) is 4.39 Å². The second-order valence-corrected chi connectivity index (χ2v) is 4.74. The van der Waals surface area contributed by atoms with Gasteiger partial charge in [-0.1, -0.05) is 38.7 Å². The molecule has 2 nitrogen and oxygen atoms in total. The summed E-state index contributed by atoms with van der Waals surface area (Å²) in [7, 11) is 0. The van der Waals surface area contributed by atoms with Gasteiger partial charge in [0, 0.05) is 6.04 Å². The Bertz CT molecular complexity index is 352. The largest absolute Gasteiger partial charge is 0.491 e. The molecule has 0 fully saturated rings. The maximum atomic E-state index is 13.7. The first-order chi connectivity index (χ1) is 8.65. The van der Waals surface area contributed by atoms with Crippen molar-refractivity contribution in [3.63, 3.8) is 0 Å². The van der Waals surface area contributed by atoms with Gasteiger partial charge in [0.1, 0.15) is 0 Å². The predicted octanol–water partition coefficient (Wildman–Crippen LogP) is 4.19. The zero-order valence-electron chi connectivity index (χ0n) is 11.4. The van der Waals surface area contributed by atoms with Crippen LogP contribution in [0.2, 0.25) is 0 Å². The molecule has 0 amide bonds. The lowest BCUT2D eigenvalue weighted by atomic mass is 10.1. The lowest BCUT2D eigenvalue weighted by Gasteiger charge is -2.10. The van der Waals surface area contributed by atoms with Crippen molar-refractivity contribution in [2.45, 2.75) is 52.0 Å². The van der Waals surface area contributed by atoms with Crippen LogP contribution >= 0.6 is 0 Å². The topological polar surface area (TPSA) is 35.2 Å². The summed E-state index contributed by atoms with van der Waals surface area (Å²) in [5.74, 6) is 0.00764. The van der Waals surface area contributed by atoms with E-state index in [1.165, 1.54) is 25.3 Å². The molecular formula is C15H24FNO. The summed E-state index contributed by atoms with van der Waals surface area (Å²) in [5, 5.41) is 0. The minimum absolute atomic E-state index is 0.150. The molecule has 3 heteroatoms. The van der Waals surface area contributed by atoms with Crippen LogP contribution in [0.25, 0.3) is 0 Å². The zero-order chi connectivity index (χ0) is 13.4. The molecule has 0 radical (unpaired) electrons. The normalized spacial score (nSPS) is 12.4. The number of hydrogen-bond donors (Lipinski definition) is 1. The van der Waals surface area contributed by atoms with Crippen LogP contribution in [0.3, 0.4) is 0 Å². The Morgan fingerprint density at radius 2 is 1.94 bits per heavy atom. The third-order valence-electron chi connectivity index (χ3n) is 2.99. The first-order valence-electron chi connectivity index (χ1n) is 6.83. The second kappa shape index (κ2) is 8.09. The highest BCUT2D eigenvalue weighted by molar-refractivity contribution is 5.30. The van der Waals surface area contributed by atoms with Gasteiger partial charge >= 0.3 is 0 Å². The molecule has 0 aliphatic heterocycles. The van der Waals surface area contributed by atoms with Crippen LogP contribution in [0.15, 0.2) is 18.2 Å². The van der Waals surface area contributed by atoms with E-state index in [1.54, 1.807) is 6.07 Å². The zero-order valence-corrected chi connectivity index (χ0v) is 11.4. The number of halogens is 1. The molecule has 1 rings (SSSR count). The van der Waals surface area contributed by atoms with Crippen molar-refractivity contribution in [3.8, 4) is 5.75 Å². The van der Waals surface area contributed by atoms with Crippen LogP contribution in [-0.2, 0) is 0 Å². The molecule has 0 aliphatic rings. The Balaban J connectivity index is 2.34. The van der Waals surface area contributed by atoms with Crippen molar-refractivity contribution in [1.82, 2.24) is 0 Å². The van der Waals surface area contributed by atoms with Gasteiger partial charge in [-0.2, -0.15) is 0 Å². The van der Waals surface area contributed by atoms with E-state index >= 15 is 0 Å². The summed E-state index contributed by atoms with van der Waals surface area (Å²) in [6, 6.07) is 4.79. The summed E-state index contributed by atoms with van der Waals surface area (Å²) >= 11 is 0. The average molecular weight is 253 g/mol. The highest BCUT2D eigenvalue weighted by Crippen LogP contribution is 2.21. The van der Waals surface area contributed by atoms with Crippen LogP contribution in [0.4, 0.5) is 4.39 Å². The fourth-order valence-corrected chi connectivity index (χ4v) is 1.81. The average Bonchev–Trinajstić information content (AvgIpc) is 2.35. The minimum Gasteiger partial charge on any atom is -0.491 e. The van der Waals surface area contributed by atoms with E-state index in [4.69, 9.17) is 10.5 Å². The molecular weight excluding hydrogens is 229 g/mol. The van der Waals surface area contributed by atoms with E-state index < -0.39 is 0 Å². The first kappa shape index (κ1) is 15.0. The Morgan fingerprint density at radius 1 is 1.22 bits per heavy atom. The van der Waals surface area contributed by atoms with Gasteiger partial charge in [0.05, 0.1) is 6.61 Å². The first-order valence-corrected chi connectivity index (χ1v) is 6.83. The van der Waals surface area contributed by atoms with Crippen molar-refractivity contribution in [1.29, 1.82) is 0 Å². The smallest absolute Gasteiger partial charge is 0.165 e. The maximum Gasteiger partial charge on any atom is 0.165 e. The highest BCUT2D eigenvalue weighted by atomic mass is 19.1. The molecule has 0 bridgehead atoms. The molecule has 0 heterocycles. The number of hydrogen-bond acceptors (Lipinski definition) is 2. The molecule has 1 aromatic rings. The second-order valence-electron chi connectivity index (χ2n) is 4.74. The quantitative estimate of drug-likeness (QED) is 0.705. The molecule has 0 aromatic heterocycles. The monoisotopic (exact) mass is 253 g/mol. The molecule has 0 spiro atoms. The molecule has 102 valence electrons. The van der Waals surface area contributed by atoms with E-state index in [-0.39, 0.29) is 11.9 Å². The Morgan fingerprint density at radius 3 is 2.56 bits per heavy atom. The summed E-state index contributed by atoms with van der Waals surface area (Å²) in [6.45, 7) is 4.60. The van der Waals surface area contributed by atoms with Crippen LogP contribution < -0.4 is 10.5 Å². The van der Waals surface area contributed by atoms with Crippen molar-refractivity contribution in [3.05, 3.63) is 29.6 Å². The highest BCUT2D eigenvalue weighted by Gasteiger charge is 2.06. The lowest BCUT2D eigenvalue weighted by Crippen LogP contribution is -2.06. The Labute approximate surface area is 109 Å². The molecule has 18 heavy (non-hydrogen) atoms. The van der Waals surface area contributed by atoms with Crippen LogP contribution in [0.1, 0.15) is 57.6 Å². The Hall–Kier alpha value is -1.09. The molecule has 0 saturated carbocycles. The SMILES string of the molecule is CCCCCCCOc1ccc(C(C)N)cc1F. The number of nitrogens with two attached hydrogens (primary N) is 1. The van der Waals surface area contributed by atoms with E-state index in [0.717, 1.165) is 18.4 Å². The fraction of sp³-hybridized carbons (Fsp3) is 0.600. The van der Waals surface area contributed by atoms with Gasteiger partial charge in [-0.15, -0.1) is 0 Å². The van der Waals surface area contributed by atoms with E-state index in [1.807, 2.05) is 13.0 Å². The lowest BCUT2D eigenvalue weighted by molar-refractivity contribution is 0.290. The summed E-state index contributed by atoms with van der Waals surface area (Å²) < 4.78 is 19.1. The molecule has 1 atom stereocenters. The number of unbranched alkanes of at least 4 members (excludes halogenated alkanes) is 4. The van der Waals surface area contributed by atoms with Gasteiger partial charge in [0.25, 0.3) is 0 Å². The van der Waals surface area contributed by atoms with Gasteiger partial charge in [-0.05, 0) is 31.0 Å². The maximum absolute atomic E-state index is 13.7. The third-order valence-corrected chi connectivity index (χ3v) is 2.99. The molecule has 0 saturated heterocycles. The minimum atomic E-state index is -0.321. The van der Waals surface area contributed by atoms with Gasteiger partial charge in [-0.3, -0.25) is 0 Å². The summed E-state index contributed by atoms with van der Waals surface area (Å²) in [4.78, 5) is 0. The molecule has 0 aliphatic carbocycles. The Kier molecular flexibility index (Phi) is 6.73. The molecule has 1 aromatic carbocycles. The van der Waals surface area contributed by atoms with E-state index in [0.29, 0.717) is 12.4 Å².